The number of nitrogens with one attached hydrogen (secondary N) is 1. The molecule has 0 saturated heterocycles. The SMILES string of the molecule is COCc1nc(-c2ccco2)n[nH]1. The van der Waals surface area contributed by atoms with E-state index >= 15 is 0 Å². The van der Waals surface area contributed by atoms with Gasteiger partial charge in [-0.3, -0.25) is 5.10 Å². The molecule has 68 valence electrons. The van der Waals surface area contributed by atoms with Crippen LogP contribution < -0.4 is 0 Å². The maximum Gasteiger partial charge on any atom is 0.216 e. The summed E-state index contributed by atoms with van der Waals surface area (Å²) in [5.41, 5.74) is 0. The predicted octanol–water partition coefficient (Wildman–Crippen LogP) is 1.21. The minimum Gasteiger partial charge on any atom is -0.461 e. The normalized spacial score (nSPS) is 10.5. The Balaban J connectivity index is 2.23. The predicted molar refractivity (Wildman–Crippen MR) is 44.8 cm³/mol. The van der Waals surface area contributed by atoms with Crippen molar-refractivity contribution >= 4 is 0 Å². The second-order valence-electron chi connectivity index (χ2n) is 2.52. The highest BCUT2D eigenvalue weighted by Crippen LogP contribution is 2.14. The quantitative estimate of drug-likeness (QED) is 0.769. The highest BCUT2D eigenvalue weighted by molar-refractivity contribution is 5.45. The summed E-state index contributed by atoms with van der Waals surface area (Å²) >= 11 is 0. The maximum atomic E-state index is 5.13. The number of furan rings is 1. The van der Waals surface area contributed by atoms with E-state index in [0.717, 1.165) is 0 Å². The van der Waals surface area contributed by atoms with Gasteiger partial charge in [0.25, 0.3) is 0 Å². The first kappa shape index (κ1) is 8.00. The number of aromatic nitrogens is 3. The Kier molecular flexibility index (Phi) is 2.09. The van der Waals surface area contributed by atoms with E-state index in [1.165, 1.54) is 0 Å². The summed E-state index contributed by atoms with van der Waals surface area (Å²) in [7, 11) is 1.61. The van der Waals surface area contributed by atoms with Crippen molar-refractivity contribution in [3.8, 4) is 11.6 Å². The summed E-state index contributed by atoms with van der Waals surface area (Å²) < 4.78 is 10.0. The lowest BCUT2D eigenvalue weighted by Crippen LogP contribution is -1.89. The van der Waals surface area contributed by atoms with Gasteiger partial charge in [0.15, 0.2) is 11.6 Å². The van der Waals surface area contributed by atoms with E-state index in [2.05, 4.69) is 15.2 Å². The Morgan fingerprint density at radius 3 is 3.23 bits per heavy atom. The van der Waals surface area contributed by atoms with E-state index in [-0.39, 0.29) is 0 Å². The monoisotopic (exact) mass is 179 g/mol. The first-order chi connectivity index (χ1) is 6.40. The van der Waals surface area contributed by atoms with Crippen molar-refractivity contribution in [1.29, 1.82) is 0 Å². The first-order valence-electron chi connectivity index (χ1n) is 3.84. The van der Waals surface area contributed by atoms with Crippen LogP contribution in [0.25, 0.3) is 11.6 Å². The molecule has 0 atom stereocenters. The van der Waals surface area contributed by atoms with Gasteiger partial charge in [-0.1, -0.05) is 0 Å². The van der Waals surface area contributed by atoms with Gasteiger partial charge in [0.2, 0.25) is 5.82 Å². The molecule has 5 heteroatoms. The molecule has 0 unspecified atom stereocenters. The minimum atomic E-state index is 0.424. The van der Waals surface area contributed by atoms with Crippen LogP contribution >= 0.6 is 0 Å². The molecule has 0 aromatic carbocycles. The molecule has 1 N–H and O–H groups in total. The molecule has 0 aliphatic rings. The van der Waals surface area contributed by atoms with Gasteiger partial charge < -0.3 is 9.15 Å². The zero-order valence-electron chi connectivity index (χ0n) is 7.15. The van der Waals surface area contributed by atoms with E-state index in [1.54, 1.807) is 25.5 Å². The molecular weight excluding hydrogens is 170 g/mol. The van der Waals surface area contributed by atoms with Crippen molar-refractivity contribution in [3.05, 3.63) is 24.2 Å². The lowest BCUT2D eigenvalue weighted by Gasteiger charge is -1.88. The lowest BCUT2D eigenvalue weighted by molar-refractivity contribution is 0.178. The second-order valence-corrected chi connectivity index (χ2v) is 2.52. The molecule has 13 heavy (non-hydrogen) atoms. The van der Waals surface area contributed by atoms with Crippen LogP contribution in [0.1, 0.15) is 5.82 Å². The Hall–Kier alpha value is -1.62. The fraction of sp³-hybridized carbons (Fsp3) is 0.250. The Bertz CT molecular complexity index is 366. The summed E-state index contributed by atoms with van der Waals surface area (Å²) in [5, 5.41) is 6.72. The van der Waals surface area contributed by atoms with E-state index in [9.17, 15) is 0 Å². The zero-order chi connectivity index (χ0) is 9.10. The van der Waals surface area contributed by atoms with Crippen LogP contribution in [0.4, 0.5) is 0 Å². The van der Waals surface area contributed by atoms with Crippen LogP contribution in [-0.4, -0.2) is 22.3 Å². The fourth-order valence-electron chi connectivity index (χ4n) is 1.01. The van der Waals surface area contributed by atoms with Gasteiger partial charge >= 0.3 is 0 Å². The third kappa shape index (κ3) is 1.59. The molecule has 0 spiro atoms. The highest BCUT2D eigenvalue weighted by atomic mass is 16.5. The van der Waals surface area contributed by atoms with E-state index < -0.39 is 0 Å². The van der Waals surface area contributed by atoms with Gasteiger partial charge in [0.1, 0.15) is 6.61 Å². The highest BCUT2D eigenvalue weighted by Gasteiger charge is 2.06. The van der Waals surface area contributed by atoms with Gasteiger partial charge in [-0.25, -0.2) is 4.98 Å². The van der Waals surface area contributed by atoms with Gasteiger partial charge in [-0.15, -0.1) is 5.10 Å². The Morgan fingerprint density at radius 2 is 2.54 bits per heavy atom. The second kappa shape index (κ2) is 3.40. The third-order valence-electron chi connectivity index (χ3n) is 1.55. The van der Waals surface area contributed by atoms with Crippen LogP contribution in [0.3, 0.4) is 0 Å². The van der Waals surface area contributed by atoms with Crippen molar-refractivity contribution in [2.24, 2.45) is 0 Å². The topological polar surface area (TPSA) is 63.9 Å². The first-order valence-corrected chi connectivity index (χ1v) is 3.84. The molecule has 0 saturated carbocycles. The van der Waals surface area contributed by atoms with Gasteiger partial charge in [0.05, 0.1) is 6.26 Å². The van der Waals surface area contributed by atoms with E-state index in [0.29, 0.717) is 24.0 Å². The number of aromatic amines is 1. The van der Waals surface area contributed by atoms with Crippen LogP contribution in [-0.2, 0) is 11.3 Å². The molecule has 0 radical (unpaired) electrons. The molecule has 2 rings (SSSR count). The maximum absolute atomic E-state index is 5.13. The largest absolute Gasteiger partial charge is 0.461 e. The molecule has 2 aromatic heterocycles. The number of rotatable bonds is 3. The standard InChI is InChI=1S/C8H9N3O2/c1-12-5-7-9-8(11-10-7)6-3-2-4-13-6/h2-4H,5H2,1H3,(H,9,10,11). The Labute approximate surface area is 74.7 Å². The fourth-order valence-corrected chi connectivity index (χ4v) is 1.01. The van der Waals surface area contributed by atoms with Crippen LogP contribution in [0.15, 0.2) is 22.8 Å². The van der Waals surface area contributed by atoms with Crippen molar-refractivity contribution in [1.82, 2.24) is 15.2 Å². The molecular formula is C8H9N3O2. The molecule has 0 aliphatic heterocycles. The summed E-state index contributed by atoms with van der Waals surface area (Å²) in [5.74, 6) is 1.89. The summed E-state index contributed by atoms with van der Waals surface area (Å²) in [6, 6.07) is 3.60. The number of ether oxygens (including phenoxy) is 1. The van der Waals surface area contributed by atoms with Crippen molar-refractivity contribution in [2.75, 3.05) is 7.11 Å². The lowest BCUT2D eigenvalue weighted by atomic mass is 10.4. The zero-order valence-corrected chi connectivity index (χ0v) is 7.15. The number of hydrogen-bond donors (Lipinski definition) is 1. The molecule has 0 aliphatic carbocycles. The van der Waals surface area contributed by atoms with Crippen molar-refractivity contribution < 1.29 is 9.15 Å². The van der Waals surface area contributed by atoms with Gasteiger partial charge in [-0.05, 0) is 12.1 Å². The number of hydrogen-bond acceptors (Lipinski definition) is 4. The van der Waals surface area contributed by atoms with Gasteiger partial charge in [0, 0.05) is 7.11 Å². The van der Waals surface area contributed by atoms with Crippen LogP contribution in [0, 0.1) is 0 Å². The number of nitrogens with zero attached hydrogens (tertiary/aromatic N) is 2. The van der Waals surface area contributed by atoms with Crippen LogP contribution in [0.2, 0.25) is 0 Å². The average Bonchev–Trinajstić information content (AvgIpc) is 2.70. The van der Waals surface area contributed by atoms with Crippen molar-refractivity contribution in [2.45, 2.75) is 6.61 Å². The van der Waals surface area contributed by atoms with Crippen molar-refractivity contribution in [3.63, 3.8) is 0 Å². The smallest absolute Gasteiger partial charge is 0.216 e. The summed E-state index contributed by atoms with van der Waals surface area (Å²) in [6.45, 7) is 0.424. The summed E-state index contributed by atoms with van der Waals surface area (Å²) in [6.07, 6.45) is 1.59. The summed E-state index contributed by atoms with van der Waals surface area (Å²) in [4.78, 5) is 4.16. The number of methoxy groups -OCH3 is 1. The molecule has 2 heterocycles. The Morgan fingerprint density at radius 1 is 1.62 bits per heavy atom. The van der Waals surface area contributed by atoms with Gasteiger partial charge in [-0.2, -0.15) is 0 Å². The number of H-pyrrole nitrogens is 1. The third-order valence-corrected chi connectivity index (χ3v) is 1.55. The van der Waals surface area contributed by atoms with E-state index in [1.807, 2.05) is 0 Å². The molecule has 0 fully saturated rings. The van der Waals surface area contributed by atoms with Crippen LogP contribution in [0.5, 0.6) is 0 Å². The van der Waals surface area contributed by atoms with E-state index in [4.69, 9.17) is 9.15 Å². The minimum absolute atomic E-state index is 0.424. The molecule has 5 nitrogen and oxygen atoms in total. The molecule has 0 bridgehead atoms. The average molecular weight is 179 g/mol. The molecule has 0 amide bonds. The molecule has 2 aromatic rings.